The zero-order chi connectivity index (χ0) is 16.8. The Bertz CT molecular complexity index is 489. The van der Waals surface area contributed by atoms with Crippen LogP contribution in [0.2, 0.25) is 0 Å². The van der Waals surface area contributed by atoms with Crippen LogP contribution in [0.25, 0.3) is 0 Å². The second-order valence-corrected chi connectivity index (χ2v) is 6.30. The van der Waals surface area contributed by atoms with Crippen LogP contribution in [-0.2, 0) is 4.74 Å². The molecule has 0 saturated heterocycles. The SMILES string of the molecule is COC(C)(C)CC(C)NC(=O)NCC(O)c1ccccc1C. The Morgan fingerprint density at radius 1 is 1.36 bits per heavy atom. The molecule has 3 N–H and O–H groups in total. The first kappa shape index (κ1) is 18.5. The van der Waals surface area contributed by atoms with Crippen molar-refractivity contribution < 1.29 is 14.6 Å². The molecule has 0 heterocycles. The Hall–Kier alpha value is -1.59. The van der Waals surface area contributed by atoms with Crippen LogP contribution in [0.3, 0.4) is 0 Å². The van der Waals surface area contributed by atoms with Crippen LogP contribution in [0.5, 0.6) is 0 Å². The summed E-state index contributed by atoms with van der Waals surface area (Å²) in [4.78, 5) is 11.9. The maximum atomic E-state index is 11.9. The smallest absolute Gasteiger partial charge is 0.315 e. The summed E-state index contributed by atoms with van der Waals surface area (Å²) in [7, 11) is 1.66. The molecule has 0 fully saturated rings. The number of urea groups is 1. The quantitative estimate of drug-likeness (QED) is 0.725. The van der Waals surface area contributed by atoms with Gasteiger partial charge in [0.1, 0.15) is 0 Å². The van der Waals surface area contributed by atoms with Gasteiger partial charge in [-0.1, -0.05) is 24.3 Å². The number of aliphatic hydroxyl groups is 1. The number of nitrogens with one attached hydrogen (secondary N) is 2. The van der Waals surface area contributed by atoms with E-state index in [0.717, 1.165) is 11.1 Å². The Labute approximate surface area is 133 Å². The molecule has 0 saturated carbocycles. The van der Waals surface area contributed by atoms with Crippen LogP contribution in [-0.4, -0.2) is 36.4 Å². The third-order valence-corrected chi connectivity index (χ3v) is 3.73. The van der Waals surface area contributed by atoms with Gasteiger partial charge in [0.05, 0.1) is 11.7 Å². The van der Waals surface area contributed by atoms with Crippen molar-refractivity contribution in [3.8, 4) is 0 Å². The second kappa shape index (κ2) is 8.15. The zero-order valence-electron chi connectivity index (χ0n) is 14.1. The van der Waals surface area contributed by atoms with E-state index < -0.39 is 6.10 Å². The molecule has 22 heavy (non-hydrogen) atoms. The molecule has 0 radical (unpaired) electrons. The van der Waals surface area contributed by atoms with Crippen LogP contribution >= 0.6 is 0 Å². The lowest BCUT2D eigenvalue weighted by Gasteiger charge is -2.27. The van der Waals surface area contributed by atoms with E-state index in [9.17, 15) is 9.90 Å². The Morgan fingerprint density at radius 2 is 2.00 bits per heavy atom. The molecule has 5 nitrogen and oxygen atoms in total. The molecule has 124 valence electrons. The minimum atomic E-state index is -0.710. The number of rotatable bonds is 7. The van der Waals surface area contributed by atoms with Crippen molar-refractivity contribution in [1.82, 2.24) is 10.6 Å². The average Bonchev–Trinajstić information content (AvgIpc) is 2.44. The van der Waals surface area contributed by atoms with Gasteiger partial charge >= 0.3 is 6.03 Å². The third-order valence-electron chi connectivity index (χ3n) is 3.73. The molecule has 0 aliphatic rings. The molecular weight excluding hydrogens is 280 g/mol. The largest absolute Gasteiger partial charge is 0.387 e. The summed E-state index contributed by atoms with van der Waals surface area (Å²) < 4.78 is 5.35. The predicted octanol–water partition coefficient (Wildman–Crippen LogP) is 2.53. The molecule has 5 heteroatoms. The van der Waals surface area contributed by atoms with Crippen LogP contribution < -0.4 is 10.6 Å². The van der Waals surface area contributed by atoms with Gasteiger partial charge in [-0.25, -0.2) is 4.79 Å². The van der Waals surface area contributed by atoms with Gasteiger partial charge in [-0.3, -0.25) is 0 Å². The molecule has 2 amide bonds. The van der Waals surface area contributed by atoms with Crippen molar-refractivity contribution in [2.75, 3.05) is 13.7 Å². The van der Waals surface area contributed by atoms with Crippen LogP contribution in [0.4, 0.5) is 4.79 Å². The first-order valence-corrected chi connectivity index (χ1v) is 7.58. The summed E-state index contributed by atoms with van der Waals surface area (Å²) in [6.45, 7) is 8.00. The average molecular weight is 308 g/mol. The summed E-state index contributed by atoms with van der Waals surface area (Å²) >= 11 is 0. The van der Waals surface area contributed by atoms with E-state index in [0.29, 0.717) is 6.42 Å². The van der Waals surface area contributed by atoms with Crippen molar-refractivity contribution >= 4 is 6.03 Å². The van der Waals surface area contributed by atoms with Crippen molar-refractivity contribution in [3.05, 3.63) is 35.4 Å². The molecule has 1 aromatic rings. The number of carbonyl (C=O) groups excluding carboxylic acids is 1. The van der Waals surface area contributed by atoms with Gasteiger partial charge < -0.3 is 20.5 Å². The van der Waals surface area contributed by atoms with Crippen LogP contribution in [0, 0.1) is 6.92 Å². The molecule has 0 aromatic heterocycles. The standard InChI is InChI=1S/C17H28N2O3/c1-12-8-6-7-9-14(12)15(20)11-18-16(21)19-13(2)10-17(3,4)22-5/h6-9,13,15,20H,10-11H2,1-5H3,(H2,18,19,21). The molecule has 2 unspecified atom stereocenters. The minimum absolute atomic E-state index is 0.0226. The van der Waals surface area contributed by atoms with Gasteiger partial charge in [0.15, 0.2) is 0 Å². The number of aliphatic hydroxyl groups excluding tert-OH is 1. The van der Waals surface area contributed by atoms with E-state index in [1.165, 1.54) is 0 Å². The van der Waals surface area contributed by atoms with Gasteiger partial charge in [0.2, 0.25) is 0 Å². The number of carbonyl (C=O) groups is 1. The predicted molar refractivity (Wildman–Crippen MR) is 87.8 cm³/mol. The monoisotopic (exact) mass is 308 g/mol. The highest BCUT2D eigenvalue weighted by Crippen LogP contribution is 2.17. The fourth-order valence-corrected chi connectivity index (χ4v) is 2.41. The van der Waals surface area contributed by atoms with Crippen molar-refractivity contribution in [1.29, 1.82) is 0 Å². The molecule has 0 aliphatic carbocycles. The highest BCUT2D eigenvalue weighted by Gasteiger charge is 2.21. The van der Waals surface area contributed by atoms with Gasteiger partial charge in [-0.15, -0.1) is 0 Å². The number of hydrogen-bond acceptors (Lipinski definition) is 3. The lowest BCUT2D eigenvalue weighted by molar-refractivity contribution is 0.00947. The minimum Gasteiger partial charge on any atom is -0.387 e. The maximum absolute atomic E-state index is 11.9. The van der Waals surface area contributed by atoms with Crippen LogP contribution in [0.1, 0.15) is 44.4 Å². The fraction of sp³-hybridized carbons (Fsp3) is 0.588. The highest BCUT2D eigenvalue weighted by molar-refractivity contribution is 5.74. The third kappa shape index (κ3) is 6.03. The number of ether oxygens (including phenoxy) is 1. The fourth-order valence-electron chi connectivity index (χ4n) is 2.41. The van der Waals surface area contributed by atoms with Crippen LogP contribution in [0.15, 0.2) is 24.3 Å². The number of amides is 2. The Morgan fingerprint density at radius 3 is 2.59 bits per heavy atom. The summed E-state index contributed by atoms with van der Waals surface area (Å²) in [5, 5.41) is 15.7. The van der Waals surface area contributed by atoms with Crippen molar-refractivity contribution in [2.24, 2.45) is 0 Å². The lowest BCUT2D eigenvalue weighted by Crippen LogP contribution is -2.45. The number of methoxy groups -OCH3 is 1. The van der Waals surface area contributed by atoms with E-state index >= 15 is 0 Å². The molecule has 1 aromatic carbocycles. The second-order valence-electron chi connectivity index (χ2n) is 6.30. The highest BCUT2D eigenvalue weighted by atomic mass is 16.5. The first-order valence-electron chi connectivity index (χ1n) is 7.58. The van der Waals surface area contributed by atoms with E-state index in [1.807, 2.05) is 52.0 Å². The van der Waals surface area contributed by atoms with Gasteiger partial charge in [0, 0.05) is 19.7 Å². The van der Waals surface area contributed by atoms with E-state index in [-0.39, 0.29) is 24.2 Å². The zero-order valence-corrected chi connectivity index (χ0v) is 14.1. The van der Waals surface area contributed by atoms with Gasteiger partial charge in [0.25, 0.3) is 0 Å². The van der Waals surface area contributed by atoms with E-state index in [4.69, 9.17) is 4.74 Å². The van der Waals surface area contributed by atoms with E-state index in [2.05, 4.69) is 10.6 Å². The normalized spacial score (nSPS) is 14.3. The van der Waals surface area contributed by atoms with Gasteiger partial charge in [-0.2, -0.15) is 0 Å². The van der Waals surface area contributed by atoms with Crippen molar-refractivity contribution in [3.63, 3.8) is 0 Å². The number of aryl methyl sites for hydroxylation is 1. The topological polar surface area (TPSA) is 70.6 Å². The summed E-state index contributed by atoms with van der Waals surface area (Å²) in [6.07, 6.45) is -0.00487. The Kier molecular flexibility index (Phi) is 6.84. The molecule has 2 atom stereocenters. The number of hydrogen-bond donors (Lipinski definition) is 3. The maximum Gasteiger partial charge on any atom is 0.315 e. The number of benzene rings is 1. The van der Waals surface area contributed by atoms with E-state index in [1.54, 1.807) is 7.11 Å². The molecule has 0 bridgehead atoms. The first-order chi connectivity index (χ1) is 10.2. The van der Waals surface area contributed by atoms with Crippen molar-refractivity contribution in [2.45, 2.75) is 51.9 Å². The molecule has 0 spiro atoms. The summed E-state index contributed by atoms with van der Waals surface area (Å²) in [6, 6.07) is 7.29. The Balaban J connectivity index is 2.41. The summed E-state index contributed by atoms with van der Waals surface area (Å²) in [5.74, 6) is 0. The van der Waals surface area contributed by atoms with Gasteiger partial charge in [-0.05, 0) is 45.2 Å². The summed E-state index contributed by atoms with van der Waals surface area (Å²) in [5.41, 5.74) is 1.55. The molecular formula is C17H28N2O3. The molecule has 0 aliphatic heterocycles. The lowest BCUT2D eigenvalue weighted by atomic mass is 10.00. The molecule has 1 rings (SSSR count).